The highest BCUT2D eigenvalue weighted by molar-refractivity contribution is 7.92. The SMILES string of the molecule is CN(c1ccccc1)S(=O)(=O)c1ccc(C(=O)N2CCN(c3nc4c(C(F)(F)F)cccc4s3)CC2)cc1. The fourth-order valence-electron chi connectivity index (χ4n) is 4.29. The van der Waals surface area contributed by atoms with Gasteiger partial charge in [0, 0.05) is 38.8 Å². The maximum absolute atomic E-state index is 13.3. The first-order valence-corrected chi connectivity index (χ1v) is 14.0. The molecule has 2 heterocycles. The minimum atomic E-state index is -4.48. The number of carbonyl (C=O) groups excluding carboxylic acids is 1. The number of anilines is 2. The third-order valence-electron chi connectivity index (χ3n) is 6.43. The fraction of sp³-hybridized carbons (Fsp3) is 0.231. The molecule has 198 valence electrons. The monoisotopic (exact) mass is 560 g/mol. The number of fused-ring (bicyclic) bond motifs is 1. The number of hydrogen-bond donors (Lipinski definition) is 0. The van der Waals surface area contributed by atoms with E-state index in [2.05, 4.69) is 4.98 Å². The normalized spacial score (nSPS) is 14.6. The van der Waals surface area contributed by atoms with E-state index in [1.54, 1.807) is 41.3 Å². The Hall–Kier alpha value is -3.64. The smallest absolute Gasteiger partial charge is 0.345 e. The van der Waals surface area contributed by atoms with Crippen LogP contribution in [0.4, 0.5) is 24.0 Å². The quantitative estimate of drug-likeness (QED) is 0.340. The van der Waals surface area contributed by atoms with Crippen LogP contribution in [0.1, 0.15) is 15.9 Å². The Morgan fingerprint density at radius 2 is 1.58 bits per heavy atom. The molecule has 0 unspecified atom stereocenters. The second-order valence-electron chi connectivity index (χ2n) is 8.76. The van der Waals surface area contributed by atoms with Crippen molar-refractivity contribution < 1.29 is 26.4 Å². The summed E-state index contributed by atoms with van der Waals surface area (Å²) in [5, 5.41) is 0.487. The van der Waals surface area contributed by atoms with E-state index in [9.17, 15) is 26.4 Å². The molecule has 0 N–H and O–H groups in total. The largest absolute Gasteiger partial charge is 0.418 e. The summed E-state index contributed by atoms with van der Waals surface area (Å²) in [5.41, 5.74) is 0.0565. The molecule has 0 saturated carbocycles. The molecule has 1 aromatic heterocycles. The summed E-state index contributed by atoms with van der Waals surface area (Å²) in [4.78, 5) is 20.9. The molecule has 4 aromatic rings. The molecule has 5 rings (SSSR count). The lowest BCUT2D eigenvalue weighted by Gasteiger charge is -2.34. The van der Waals surface area contributed by atoms with Crippen molar-refractivity contribution in [2.24, 2.45) is 0 Å². The Bertz CT molecular complexity index is 1570. The Kier molecular flexibility index (Phi) is 6.78. The number of piperazine rings is 1. The van der Waals surface area contributed by atoms with Gasteiger partial charge in [0.05, 0.1) is 26.4 Å². The number of rotatable bonds is 5. The van der Waals surface area contributed by atoms with Crippen molar-refractivity contribution >= 4 is 48.3 Å². The van der Waals surface area contributed by atoms with Crippen LogP contribution in [0.3, 0.4) is 0 Å². The summed E-state index contributed by atoms with van der Waals surface area (Å²) in [6, 6.07) is 18.5. The Morgan fingerprint density at radius 1 is 0.921 bits per heavy atom. The summed E-state index contributed by atoms with van der Waals surface area (Å²) >= 11 is 1.20. The zero-order valence-electron chi connectivity index (χ0n) is 20.2. The van der Waals surface area contributed by atoms with E-state index in [0.717, 1.165) is 6.07 Å². The van der Waals surface area contributed by atoms with Gasteiger partial charge < -0.3 is 9.80 Å². The molecular weight excluding hydrogens is 537 g/mol. The third-order valence-corrected chi connectivity index (χ3v) is 9.31. The highest BCUT2D eigenvalue weighted by Gasteiger charge is 2.34. The second kappa shape index (κ2) is 9.91. The Balaban J connectivity index is 1.26. The molecule has 7 nitrogen and oxygen atoms in total. The van der Waals surface area contributed by atoms with Gasteiger partial charge in [-0.25, -0.2) is 13.4 Å². The van der Waals surface area contributed by atoms with Gasteiger partial charge in [0.2, 0.25) is 0 Å². The first-order valence-electron chi connectivity index (χ1n) is 11.7. The van der Waals surface area contributed by atoms with Crippen molar-refractivity contribution in [3.63, 3.8) is 0 Å². The van der Waals surface area contributed by atoms with Crippen LogP contribution in [0, 0.1) is 0 Å². The summed E-state index contributed by atoms with van der Waals surface area (Å²) < 4.78 is 67.7. The number of para-hydroxylation sites is 2. The van der Waals surface area contributed by atoms with E-state index in [0.29, 0.717) is 47.3 Å². The van der Waals surface area contributed by atoms with Gasteiger partial charge in [0.15, 0.2) is 5.13 Å². The van der Waals surface area contributed by atoms with Gasteiger partial charge in [-0.3, -0.25) is 9.10 Å². The predicted molar refractivity (Wildman–Crippen MR) is 141 cm³/mol. The number of hydrogen-bond acceptors (Lipinski definition) is 6. The first kappa shape index (κ1) is 26.0. The lowest BCUT2D eigenvalue weighted by Crippen LogP contribution is -2.48. The lowest BCUT2D eigenvalue weighted by atomic mass is 10.2. The van der Waals surface area contributed by atoms with Crippen LogP contribution in [-0.2, 0) is 16.2 Å². The molecule has 1 aliphatic rings. The number of alkyl halides is 3. The van der Waals surface area contributed by atoms with Crippen molar-refractivity contribution in [1.82, 2.24) is 9.88 Å². The van der Waals surface area contributed by atoms with Crippen molar-refractivity contribution in [2.45, 2.75) is 11.1 Å². The lowest BCUT2D eigenvalue weighted by molar-refractivity contribution is -0.136. The minimum absolute atomic E-state index is 0.0635. The van der Waals surface area contributed by atoms with Gasteiger partial charge in [-0.2, -0.15) is 13.2 Å². The van der Waals surface area contributed by atoms with Crippen LogP contribution in [0.25, 0.3) is 10.2 Å². The Morgan fingerprint density at radius 3 is 2.21 bits per heavy atom. The molecule has 1 aliphatic heterocycles. The van der Waals surface area contributed by atoms with Crippen molar-refractivity contribution in [2.75, 3.05) is 42.4 Å². The van der Waals surface area contributed by atoms with Crippen LogP contribution in [-0.4, -0.2) is 57.4 Å². The molecule has 0 radical (unpaired) electrons. The average Bonchev–Trinajstić information content (AvgIpc) is 3.37. The first-order chi connectivity index (χ1) is 18.1. The van der Waals surface area contributed by atoms with Crippen molar-refractivity contribution in [3.05, 3.63) is 83.9 Å². The van der Waals surface area contributed by atoms with Gasteiger partial charge in [0.1, 0.15) is 0 Å². The molecule has 0 aliphatic carbocycles. The molecule has 1 saturated heterocycles. The number of sulfonamides is 1. The highest BCUT2D eigenvalue weighted by Crippen LogP contribution is 2.38. The van der Waals surface area contributed by atoms with E-state index in [1.807, 2.05) is 4.90 Å². The number of carbonyl (C=O) groups is 1. The predicted octanol–water partition coefficient (Wildman–Crippen LogP) is 5.10. The van der Waals surface area contributed by atoms with Gasteiger partial charge >= 0.3 is 6.18 Å². The zero-order valence-corrected chi connectivity index (χ0v) is 21.9. The fourth-order valence-corrected chi connectivity index (χ4v) is 6.53. The molecule has 1 fully saturated rings. The van der Waals surface area contributed by atoms with E-state index >= 15 is 0 Å². The van der Waals surface area contributed by atoms with Gasteiger partial charge in [-0.15, -0.1) is 0 Å². The molecule has 0 spiro atoms. The highest BCUT2D eigenvalue weighted by atomic mass is 32.2. The van der Waals surface area contributed by atoms with Crippen molar-refractivity contribution in [1.29, 1.82) is 0 Å². The second-order valence-corrected chi connectivity index (χ2v) is 11.7. The van der Waals surface area contributed by atoms with E-state index in [-0.39, 0.29) is 16.3 Å². The van der Waals surface area contributed by atoms with Crippen molar-refractivity contribution in [3.8, 4) is 0 Å². The van der Waals surface area contributed by atoms with E-state index in [1.165, 1.54) is 53.0 Å². The molecule has 1 amide bonds. The molecule has 38 heavy (non-hydrogen) atoms. The van der Waals surface area contributed by atoms with Crippen LogP contribution in [0.5, 0.6) is 0 Å². The molecule has 3 aromatic carbocycles. The summed E-state index contributed by atoms with van der Waals surface area (Å²) in [6.07, 6.45) is -4.48. The zero-order chi connectivity index (χ0) is 27.1. The van der Waals surface area contributed by atoms with Gasteiger partial charge in [0.25, 0.3) is 15.9 Å². The minimum Gasteiger partial charge on any atom is -0.345 e. The van der Waals surface area contributed by atoms with E-state index in [4.69, 9.17) is 0 Å². The maximum Gasteiger partial charge on any atom is 0.418 e. The molecule has 12 heteroatoms. The topological polar surface area (TPSA) is 73.8 Å². The number of amides is 1. The van der Waals surface area contributed by atoms with Crippen LogP contribution in [0.2, 0.25) is 0 Å². The molecular formula is C26H23F3N4O3S2. The third kappa shape index (κ3) is 4.93. The summed E-state index contributed by atoms with van der Waals surface area (Å²) in [7, 11) is -2.32. The molecule has 0 bridgehead atoms. The average molecular weight is 561 g/mol. The van der Waals surface area contributed by atoms with Gasteiger partial charge in [-0.05, 0) is 48.5 Å². The van der Waals surface area contributed by atoms with Crippen LogP contribution < -0.4 is 9.21 Å². The standard InChI is InChI=1S/C26H23F3N4O3S2/c1-31(19-6-3-2-4-7-19)38(35,36)20-12-10-18(11-13-20)24(34)32-14-16-33(17-15-32)25-30-23-21(26(27,28)29)8-5-9-22(23)37-25/h2-13H,14-17H2,1H3. The van der Waals surface area contributed by atoms with Crippen LogP contribution in [0.15, 0.2) is 77.7 Å². The molecule has 0 atom stereocenters. The van der Waals surface area contributed by atoms with Gasteiger partial charge in [-0.1, -0.05) is 35.6 Å². The van der Waals surface area contributed by atoms with Crippen LogP contribution >= 0.6 is 11.3 Å². The number of thiazole rings is 1. The number of halogens is 3. The number of aromatic nitrogens is 1. The number of nitrogens with zero attached hydrogens (tertiary/aromatic N) is 4. The maximum atomic E-state index is 13.3. The number of benzene rings is 3. The van der Waals surface area contributed by atoms with E-state index < -0.39 is 21.8 Å². The Labute approximate surface area is 221 Å². The summed E-state index contributed by atoms with van der Waals surface area (Å²) in [6.45, 7) is 1.55. The summed E-state index contributed by atoms with van der Waals surface area (Å²) in [5.74, 6) is -0.242.